The molecule has 0 radical (unpaired) electrons. The Morgan fingerprint density at radius 1 is 1.42 bits per heavy atom. The highest BCUT2D eigenvalue weighted by Gasteiger charge is 2.45. The van der Waals surface area contributed by atoms with Crippen molar-refractivity contribution < 1.29 is 4.74 Å². The molecule has 2 unspecified atom stereocenters. The molecule has 19 heavy (non-hydrogen) atoms. The number of methoxy groups -OCH3 is 1. The Morgan fingerprint density at radius 2 is 2.21 bits per heavy atom. The van der Waals surface area contributed by atoms with Crippen LogP contribution in [0.3, 0.4) is 0 Å². The number of aryl methyl sites for hydroxylation is 1. The molecule has 1 N–H and O–H groups in total. The number of rotatable bonds is 6. The maximum Gasteiger partial charge on any atom is 0.122 e. The third kappa shape index (κ3) is 2.64. The highest BCUT2D eigenvalue weighted by atomic mass is 16.5. The molecule has 0 aliphatic heterocycles. The number of ether oxygens (including phenoxy) is 1. The Balaban J connectivity index is 2.24. The van der Waals surface area contributed by atoms with E-state index in [0.29, 0.717) is 5.41 Å². The summed E-state index contributed by atoms with van der Waals surface area (Å²) in [7, 11) is 1.76. The predicted molar refractivity (Wildman–Crippen MR) is 81.0 cm³/mol. The third-order valence-electron chi connectivity index (χ3n) is 4.82. The SMILES string of the molecule is CCCNCC1(c2ccc(C)c(OC)c2)CCC1C. The summed E-state index contributed by atoms with van der Waals surface area (Å²) in [5.41, 5.74) is 2.98. The first-order chi connectivity index (χ1) is 9.14. The monoisotopic (exact) mass is 261 g/mol. The molecule has 1 aliphatic rings. The standard InChI is InChI=1S/C17H27NO/c1-5-10-18-12-17(9-8-14(17)3)15-7-6-13(2)16(11-15)19-4/h6-7,11,14,18H,5,8-10,12H2,1-4H3. The van der Waals surface area contributed by atoms with E-state index in [-0.39, 0.29) is 0 Å². The highest BCUT2D eigenvalue weighted by molar-refractivity contribution is 5.41. The Bertz CT molecular complexity index is 429. The average molecular weight is 261 g/mol. The molecule has 1 aromatic carbocycles. The Morgan fingerprint density at radius 3 is 2.74 bits per heavy atom. The van der Waals surface area contributed by atoms with Gasteiger partial charge in [-0.1, -0.05) is 26.0 Å². The van der Waals surface area contributed by atoms with Gasteiger partial charge in [0.2, 0.25) is 0 Å². The van der Waals surface area contributed by atoms with Crippen LogP contribution in [0.4, 0.5) is 0 Å². The van der Waals surface area contributed by atoms with Crippen LogP contribution in [0, 0.1) is 12.8 Å². The molecule has 2 nitrogen and oxygen atoms in total. The quantitative estimate of drug-likeness (QED) is 0.789. The molecule has 2 heteroatoms. The van der Waals surface area contributed by atoms with Crippen molar-refractivity contribution in [2.75, 3.05) is 20.2 Å². The summed E-state index contributed by atoms with van der Waals surface area (Å²) in [6, 6.07) is 6.74. The first kappa shape index (κ1) is 14.4. The molecule has 106 valence electrons. The summed E-state index contributed by atoms with van der Waals surface area (Å²) < 4.78 is 5.49. The van der Waals surface area contributed by atoms with Gasteiger partial charge in [-0.3, -0.25) is 0 Å². The normalized spacial score (nSPS) is 26.0. The fourth-order valence-electron chi connectivity index (χ4n) is 3.19. The van der Waals surface area contributed by atoms with E-state index in [2.05, 4.69) is 44.3 Å². The summed E-state index contributed by atoms with van der Waals surface area (Å²) in [5.74, 6) is 1.77. The van der Waals surface area contributed by atoms with Crippen LogP contribution in [-0.2, 0) is 5.41 Å². The number of nitrogens with one attached hydrogen (secondary N) is 1. The van der Waals surface area contributed by atoms with Crippen LogP contribution in [0.25, 0.3) is 0 Å². The van der Waals surface area contributed by atoms with Crippen LogP contribution in [-0.4, -0.2) is 20.2 Å². The van der Waals surface area contributed by atoms with Crippen molar-refractivity contribution in [2.45, 2.75) is 45.4 Å². The lowest BCUT2D eigenvalue weighted by atomic mass is 9.57. The van der Waals surface area contributed by atoms with Crippen molar-refractivity contribution in [3.8, 4) is 5.75 Å². The summed E-state index contributed by atoms with van der Waals surface area (Å²) in [4.78, 5) is 0. The predicted octanol–water partition coefficient (Wildman–Crippen LogP) is 3.67. The highest BCUT2D eigenvalue weighted by Crippen LogP contribution is 2.49. The summed E-state index contributed by atoms with van der Waals surface area (Å²) in [6.45, 7) is 8.91. The minimum atomic E-state index is 0.316. The van der Waals surface area contributed by atoms with E-state index < -0.39 is 0 Å². The molecule has 0 heterocycles. The van der Waals surface area contributed by atoms with Gasteiger partial charge < -0.3 is 10.1 Å². The van der Waals surface area contributed by atoms with Gasteiger partial charge in [0.15, 0.2) is 0 Å². The van der Waals surface area contributed by atoms with Crippen LogP contribution in [0.1, 0.15) is 44.2 Å². The summed E-state index contributed by atoms with van der Waals surface area (Å²) in [5, 5.41) is 3.62. The zero-order valence-electron chi connectivity index (χ0n) is 12.8. The molecule has 0 aromatic heterocycles. The van der Waals surface area contributed by atoms with Crippen molar-refractivity contribution in [2.24, 2.45) is 5.92 Å². The number of benzene rings is 1. The summed E-state index contributed by atoms with van der Waals surface area (Å²) >= 11 is 0. The van der Waals surface area contributed by atoms with E-state index in [4.69, 9.17) is 4.74 Å². The van der Waals surface area contributed by atoms with Gasteiger partial charge in [0.1, 0.15) is 5.75 Å². The van der Waals surface area contributed by atoms with Gasteiger partial charge in [0.25, 0.3) is 0 Å². The Kier molecular flexibility index (Phi) is 4.51. The third-order valence-corrected chi connectivity index (χ3v) is 4.82. The van der Waals surface area contributed by atoms with Crippen LogP contribution >= 0.6 is 0 Å². The van der Waals surface area contributed by atoms with Crippen molar-refractivity contribution in [3.63, 3.8) is 0 Å². The first-order valence-electron chi connectivity index (χ1n) is 7.50. The molecule has 0 bridgehead atoms. The molecule has 2 rings (SSSR count). The maximum absolute atomic E-state index is 5.49. The second-order valence-corrected chi connectivity index (χ2v) is 5.96. The second-order valence-electron chi connectivity index (χ2n) is 5.96. The molecular weight excluding hydrogens is 234 g/mol. The van der Waals surface area contributed by atoms with E-state index >= 15 is 0 Å². The molecule has 0 saturated heterocycles. The fourth-order valence-corrected chi connectivity index (χ4v) is 3.19. The van der Waals surface area contributed by atoms with Gasteiger partial charge >= 0.3 is 0 Å². The zero-order chi connectivity index (χ0) is 13.9. The molecule has 0 amide bonds. The van der Waals surface area contributed by atoms with Crippen LogP contribution in [0.2, 0.25) is 0 Å². The van der Waals surface area contributed by atoms with E-state index in [0.717, 1.165) is 24.8 Å². The van der Waals surface area contributed by atoms with Crippen LogP contribution in [0.15, 0.2) is 18.2 Å². The maximum atomic E-state index is 5.49. The zero-order valence-corrected chi connectivity index (χ0v) is 12.8. The molecule has 1 aromatic rings. The number of hydrogen-bond donors (Lipinski definition) is 1. The van der Waals surface area contributed by atoms with Gasteiger partial charge in [0.05, 0.1) is 7.11 Å². The Hall–Kier alpha value is -1.02. The van der Waals surface area contributed by atoms with Crippen molar-refractivity contribution >= 4 is 0 Å². The largest absolute Gasteiger partial charge is 0.496 e. The van der Waals surface area contributed by atoms with Crippen LogP contribution < -0.4 is 10.1 Å². The molecular formula is C17H27NO. The Labute approximate surface area is 117 Å². The van der Waals surface area contributed by atoms with E-state index in [1.807, 2.05) is 0 Å². The fraction of sp³-hybridized carbons (Fsp3) is 0.647. The van der Waals surface area contributed by atoms with E-state index in [1.54, 1.807) is 7.11 Å². The van der Waals surface area contributed by atoms with Crippen molar-refractivity contribution in [3.05, 3.63) is 29.3 Å². The van der Waals surface area contributed by atoms with Crippen molar-refractivity contribution in [1.29, 1.82) is 0 Å². The van der Waals surface area contributed by atoms with Gasteiger partial charge in [-0.15, -0.1) is 0 Å². The molecule has 2 atom stereocenters. The number of hydrogen-bond acceptors (Lipinski definition) is 2. The van der Waals surface area contributed by atoms with Gasteiger partial charge in [-0.25, -0.2) is 0 Å². The van der Waals surface area contributed by atoms with E-state index in [1.165, 1.54) is 30.4 Å². The molecule has 0 spiro atoms. The van der Waals surface area contributed by atoms with E-state index in [9.17, 15) is 0 Å². The van der Waals surface area contributed by atoms with Crippen molar-refractivity contribution in [1.82, 2.24) is 5.32 Å². The molecule has 1 fully saturated rings. The topological polar surface area (TPSA) is 21.3 Å². The lowest BCUT2D eigenvalue weighted by molar-refractivity contribution is 0.134. The average Bonchev–Trinajstić information content (AvgIpc) is 2.43. The van der Waals surface area contributed by atoms with Gasteiger partial charge in [-0.05, 0) is 55.8 Å². The minimum absolute atomic E-state index is 0.316. The lowest BCUT2D eigenvalue weighted by Gasteiger charge is -2.49. The minimum Gasteiger partial charge on any atom is -0.496 e. The summed E-state index contributed by atoms with van der Waals surface area (Å²) in [6.07, 6.45) is 3.82. The second kappa shape index (κ2) is 5.96. The molecule has 1 saturated carbocycles. The molecule has 1 aliphatic carbocycles. The van der Waals surface area contributed by atoms with Crippen LogP contribution in [0.5, 0.6) is 5.75 Å². The lowest BCUT2D eigenvalue weighted by Crippen LogP contribution is -2.50. The first-order valence-corrected chi connectivity index (χ1v) is 7.50. The smallest absolute Gasteiger partial charge is 0.122 e. The van der Waals surface area contributed by atoms with Gasteiger partial charge in [-0.2, -0.15) is 0 Å². The van der Waals surface area contributed by atoms with Gasteiger partial charge in [0, 0.05) is 12.0 Å².